The molecule has 2 aliphatic heterocycles. The molecular weight excluding hydrogens is 446 g/mol. The summed E-state index contributed by atoms with van der Waals surface area (Å²) in [6.45, 7) is 3.99. The summed E-state index contributed by atoms with van der Waals surface area (Å²) in [5.41, 5.74) is 2.21. The van der Waals surface area contributed by atoms with Gasteiger partial charge in [-0.1, -0.05) is 24.6 Å². The van der Waals surface area contributed by atoms with Gasteiger partial charge in [-0.05, 0) is 57.0 Å². The smallest absolute Gasteiger partial charge is 0.257 e. The number of nitrogens with one attached hydrogen (secondary N) is 1. The van der Waals surface area contributed by atoms with Crippen molar-refractivity contribution >= 4 is 18.0 Å². The van der Waals surface area contributed by atoms with Gasteiger partial charge in [-0.15, -0.1) is 0 Å². The number of benzene rings is 2. The number of para-hydroxylation sites is 1. The number of piperidine rings is 2. The zero-order chi connectivity index (χ0) is 25.0. The van der Waals surface area contributed by atoms with Gasteiger partial charge >= 0.3 is 0 Å². The van der Waals surface area contributed by atoms with E-state index in [1.54, 1.807) is 23.0 Å². The average Bonchev–Trinajstić information content (AvgIpc) is 2.91. The lowest BCUT2D eigenvalue weighted by atomic mass is 10.0. The van der Waals surface area contributed by atoms with Gasteiger partial charge in [0.2, 0.25) is 6.41 Å². The Morgan fingerprint density at radius 2 is 1.83 bits per heavy atom. The van der Waals surface area contributed by atoms with E-state index in [1.165, 1.54) is 51.6 Å². The number of likely N-dealkylation sites (tertiary alicyclic amines) is 1. The van der Waals surface area contributed by atoms with Crippen molar-refractivity contribution in [2.24, 2.45) is 0 Å². The van der Waals surface area contributed by atoms with Gasteiger partial charge in [-0.3, -0.25) is 9.59 Å². The summed E-state index contributed by atoms with van der Waals surface area (Å²) in [6, 6.07) is 12.2. The van der Waals surface area contributed by atoms with Gasteiger partial charge in [0.25, 0.3) is 5.91 Å². The van der Waals surface area contributed by atoms with Crippen LogP contribution in [0.4, 0.5) is 5.69 Å². The summed E-state index contributed by atoms with van der Waals surface area (Å²) in [4.78, 5) is 28.3. The number of nitrogens with zero attached hydrogens (tertiary/aromatic N) is 2. The van der Waals surface area contributed by atoms with Crippen LogP contribution in [-0.4, -0.2) is 68.8 Å². The van der Waals surface area contributed by atoms with E-state index in [1.807, 2.05) is 24.3 Å². The maximum absolute atomic E-state index is 12.9. The number of phenols is 1. The highest BCUT2D eigenvalue weighted by atomic mass is 16.5. The van der Waals surface area contributed by atoms with E-state index < -0.39 is 0 Å². The second kappa shape index (κ2) is 13.7. The van der Waals surface area contributed by atoms with Crippen LogP contribution in [0.25, 0.3) is 0 Å². The second-order valence-electron chi connectivity index (χ2n) is 8.79. The molecule has 8 nitrogen and oxygen atoms in total. The Bertz CT molecular complexity index is 944. The Kier molecular flexibility index (Phi) is 10.4. The first-order valence-corrected chi connectivity index (χ1v) is 12.3. The number of rotatable bonds is 7. The molecule has 2 heterocycles. The molecule has 2 saturated heterocycles. The number of aromatic hydroxyl groups is 1. The minimum Gasteiger partial charge on any atom is -0.508 e. The predicted octanol–water partition coefficient (Wildman–Crippen LogP) is 3.57. The summed E-state index contributed by atoms with van der Waals surface area (Å²) >= 11 is 0. The van der Waals surface area contributed by atoms with Gasteiger partial charge in [0.1, 0.15) is 11.5 Å². The third kappa shape index (κ3) is 7.19. The van der Waals surface area contributed by atoms with Crippen molar-refractivity contribution in [3.8, 4) is 11.5 Å². The quantitative estimate of drug-likeness (QED) is 0.585. The Balaban J connectivity index is 0.000000497. The first kappa shape index (κ1) is 26.5. The lowest BCUT2D eigenvalue weighted by molar-refractivity contribution is -0.108. The summed E-state index contributed by atoms with van der Waals surface area (Å²) in [7, 11) is 3.10. The SMILES string of the molecule is C1CCNCC1.COCc1ccccc1N(C=O)C1CCN(C(=O)c2ccc(O)cc2OC)CC1. The number of methoxy groups -OCH3 is 2. The largest absolute Gasteiger partial charge is 0.508 e. The van der Waals surface area contributed by atoms with Crippen LogP contribution in [0.5, 0.6) is 11.5 Å². The number of hydrogen-bond acceptors (Lipinski definition) is 6. The molecule has 0 aliphatic carbocycles. The van der Waals surface area contributed by atoms with E-state index in [2.05, 4.69) is 5.32 Å². The molecule has 2 fully saturated rings. The highest BCUT2D eigenvalue weighted by Gasteiger charge is 2.29. The number of hydrogen-bond donors (Lipinski definition) is 2. The molecule has 8 heteroatoms. The molecule has 0 atom stereocenters. The Morgan fingerprint density at radius 1 is 1.11 bits per heavy atom. The van der Waals surface area contributed by atoms with E-state index in [9.17, 15) is 14.7 Å². The van der Waals surface area contributed by atoms with Gasteiger partial charge in [0.05, 0.1) is 19.3 Å². The summed E-state index contributed by atoms with van der Waals surface area (Å²) in [5.74, 6) is 0.256. The zero-order valence-corrected chi connectivity index (χ0v) is 20.7. The number of carbonyl (C=O) groups excluding carboxylic acids is 2. The van der Waals surface area contributed by atoms with Crippen molar-refractivity contribution in [2.75, 3.05) is 45.3 Å². The number of amides is 2. The molecule has 0 aromatic heterocycles. The summed E-state index contributed by atoms with van der Waals surface area (Å²) in [6.07, 6.45) is 6.42. The van der Waals surface area contributed by atoms with Crippen molar-refractivity contribution in [1.82, 2.24) is 10.2 Å². The Morgan fingerprint density at radius 3 is 2.40 bits per heavy atom. The molecule has 190 valence electrons. The van der Waals surface area contributed by atoms with Crippen LogP contribution in [0.15, 0.2) is 42.5 Å². The van der Waals surface area contributed by atoms with E-state index in [-0.39, 0.29) is 17.7 Å². The molecule has 0 saturated carbocycles. The lowest BCUT2D eigenvalue weighted by Crippen LogP contribution is -2.46. The number of phenolic OH excluding ortho intramolecular Hbond substituents is 1. The van der Waals surface area contributed by atoms with Crippen molar-refractivity contribution in [2.45, 2.75) is 44.8 Å². The zero-order valence-electron chi connectivity index (χ0n) is 20.7. The fraction of sp³-hybridized carbons (Fsp3) is 0.481. The van der Waals surface area contributed by atoms with Gasteiger partial charge in [-0.2, -0.15) is 0 Å². The summed E-state index contributed by atoms with van der Waals surface area (Å²) in [5, 5.41) is 12.9. The van der Waals surface area contributed by atoms with Crippen molar-refractivity contribution < 1.29 is 24.2 Å². The Hall–Kier alpha value is -3.10. The average molecular weight is 484 g/mol. The number of ether oxygens (including phenoxy) is 2. The van der Waals surface area contributed by atoms with Crippen LogP contribution in [0.1, 0.15) is 48.0 Å². The second-order valence-corrected chi connectivity index (χ2v) is 8.79. The minimum absolute atomic E-state index is 0.0104. The van der Waals surface area contributed by atoms with Crippen LogP contribution in [0, 0.1) is 0 Å². The standard InChI is InChI=1S/C22H26N2O5.C5H11N/c1-28-14-16-5-3-4-6-20(16)24(15-25)17-9-11-23(12-10-17)22(27)19-8-7-18(26)13-21(19)29-2;1-2-4-6-5-3-1/h3-8,13,15,17,26H,9-12,14H2,1-2H3;6H,1-5H2. The van der Waals surface area contributed by atoms with E-state index >= 15 is 0 Å². The Labute approximate surface area is 207 Å². The number of anilines is 1. The van der Waals surface area contributed by atoms with Crippen LogP contribution in [-0.2, 0) is 16.1 Å². The highest BCUT2D eigenvalue weighted by molar-refractivity contribution is 5.97. The monoisotopic (exact) mass is 483 g/mol. The molecule has 0 radical (unpaired) electrons. The molecule has 2 aromatic carbocycles. The predicted molar refractivity (Wildman–Crippen MR) is 136 cm³/mol. The first-order valence-electron chi connectivity index (χ1n) is 12.3. The molecule has 2 N–H and O–H groups in total. The molecule has 4 rings (SSSR count). The molecule has 2 aliphatic rings. The van der Waals surface area contributed by atoms with Crippen LogP contribution >= 0.6 is 0 Å². The van der Waals surface area contributed by atoms with Crippen molar-refractivity contribution in [3.63, 3.8) is 0 Å². The minimum atomic E-state index is -0.141. The fourth-order valence-electron chi connectivity index (χ4n) is 4.56. The first-order chi connectivity index (χ1) is 17.1. The number of carbonyl (C=O) groups is 2. The molecule has 0 bridgehead atoms. The van der Waals surface area contributed by atoms with Gasteiger partial charge in [0, 0.05) is 43.6 Å². The van der Waals surface area contributed by atoms with Crippen LogP contribution in [0.3, 0.4) is 0 Å². The van der Waals surface area contributed by atoms with Crippen molar-refractivity contribution in [1.29, 1.82) is 0 Å². The third-order valence-corrected chi connectivity index (χ3v) is 6.45. The van der Waals surface area contributed by atoms with Crippen LogP contribution in [0.2, 0.25) is 0 Å². The van der Waals surface area contributed by atoms with Gasteiger partial charge in [-0.25, -0.2) is 0 Å². The molecule has 0 unspecified atom stereocenters. The van der Waals surface area contributed by atoms with Crippen molar-refractivity contribution in [3.05, 3.63) is 53.6 Å². The van der Waals surface area contributed by atoms with Gasteiger partial charge in [0.15, 0.2) is 0 Å². The molecular formula is C27H37N3O5. The fourth-order valence-corrected chi connectivity index (χ4v) is 4.56. The molecule has 2 amide bonds. The molecule has 2 aromatic rings. The molecule has 35 heavy (non-hydrogen) atoms. The molecule has 0 spiro atoms. The van der Waals surface area contributed by atoms with E-state index in [4.69, 9.17) is 9.47 Å². The van der Waals surface area contributed by atoms with E-state index in [0.717, 1.165) is 17.7 Å². The maximum Gasteiger partial charge on any atom is 0.257 e. The van der Waals surface area contributed by atoms with Gasteiger partial charge < -0.3 is 29.7 Å². The maximum atomic E-state index is 12.9. The third-order valence-electron chi connectivity index (χ3n) is 6.45. The van der Waals surface area contributed by atoms with E-state index in [0.29, 0.717) is 43.9 Å². The lowest BCUT2D eigenvalue weighted by Gasteiger charge is -2.37. The van der Waals surface area contributed by atoms with Crippen LogP contribution < -0.4 is 15.0 Å². The highest BCUT2D eigenvalue weighted by Crippen LogP contribution is 2.29. The normalized spacial score (nSPS) is 16.1. The summed E-state index contributed by atoms with van der Waals surface area (Å²) < 4.78 is 10.5. The topological polar surface area (TPSA) is 91.3 Å².